The number of ether oxygens (including phenoxy) is 3. The van der Waals surface area contributed by atoms with Crippen molar-refractivity contribution in [1.29, 1.82) is 0 Å². The molecule has 2 fully saturated rings. The molecule has 1 aromatic heterocycles. The molecule has 0 spiro atoms. The van der Waals surface area contributed by atoms with E-state index in [4.69, 9.17) is 19.9 Å². The second kappa shape index (κ2) is 10.8. The lowest BCUT2D eigenvalue weighted by atomic mass is 9.92. The average Bonchev–Trinajstić information content (AvgIpc) is 3.47. The Balaban J connectivity index is 1.41. The molecule has 0 unspecified atom stereocenters. The topological polar surface area (TPSA) is 99.8 Å². The van der Waals surface area contributed by atoms with Gasteiger partial charge in [-0.25, -0.2) is 4.79 Å². The van der Waals surface area contributed by atoms with Gasteiger partial charge in [-0.1, -0.05) is 26.0 Å². The molecule has 8 nitrogen and oxygen atoms in total. The van der Waals surface area contributed by atoms with E-state index in [1.54, 1.807) is 0 Å². The number of nitrogens with one attached hydrogen (secondary N) is 2. The van der Waals surface area contributed by atoms with Gasteiger partial charge in [0.1, 0.15) is 12.4 Å². The summed E-state index contributed by atoms with van der Waals surface area (Å²) in [5.41, 5.74) is 11.4. The molecular formula is C28H36N4O4. The molecule has 1 saturated heterocycles. The minimum atomic E-state index is -0.316. The Labute approximate surface area is 212 Å². The molecule has 4 N–H and O–H groups in total. The van der Waals surface area contributed by atoms with E-state index in [-0.39, 0.29) is 18.4 Å². The molecule has 0 radical (unpaired) electrons. The van der Waals surface area contributed by atoms with Gasteiger partial charge in [0.15, 0.2) is 6.29 Å². The van der Waals surface area contributed by atoms with Crippen molar-refractivity contribution in [2.24, 2.45) is 0 Å². The highest BCUT2D eigenvalue weighted by Crippen LogP contribution is 2.45. The summed E-state index contributed by atoms with van der Waals surface area (Å²) in [6.07, 6.45) is 4.96. The summed E-state index contributed by atoms with van der Waals surface area (Å²) in [5, 5.41) is 6.97. The van der Waals surface area contributed by atoms with Crippen LogP contribution in [0.15, 0.2) is 42.5 Å². The van der Waals surface area contributed by atoms with Gasteiger partial charge in [-0.3, -0.25) is 0 Å². The number of aromatic nitrogens is 1. The zero-order chi connectivity index (χ0) is 25.1. The standard InChI is InChI=1S/C28H36N4O4/c1-3-19(4-2)30-28(33)31-20-10-8-18(9-11-20)27-26(29)23-13-12-22(36-17-25-34-14-15-35-25)16-24(23)32(27)21-6-5-7-21/h8-13,16,19,21,25H,3-7,14-15,17,29H2,1-2H3,(H2,30,31,33). The molecule has 36 heavy (non-hydrogen) atoms. The number of nitrogens with zero attached hydrogens (tertiary/aromatic N) is 1. The van der Waals surface area contributed by atoms with Gasteiger partial charge in [-0.05, 0) is 56.4 Å². The van der Waals surface area contributed by atoms with E-state index in [9.17, 15) is 4.79 Å². The first-order chi connectivity index (χ1) is 17.6. The van der Waals surface area contributed by atoms with E-state index in [0.29, 0.717) is 25.9 Å². The molecule has 2 aromatic carbocycles. The number of fused-ring (bicyclic) bond motifs is 1. The highest BCUT2D eigenvalue weighted by molar-refractivity contribution is 6.02. The number of benzene rings is 2. The quantitative estimate of drug-likeness (QED) is 0.357. The largest absolute Gasteiger partial charge is 0.488 e. The van der Waals surface area contributed by atoms with Crippen molar-refractivity contribution in [3.8, 4) is 17.0 Å². The van der Waals surface area contributed by atoms with E-state index >= 15 is 0 Å². The molecule has 8 heteroatoms. The van der Waals surface area contributed by atoms with Crippen LogP contribution < -0.4 is 21.1 Å². The monoisotopic (exact) mass is 492 g/mol. The average molecular weight is 493 g/mol. The lowest BCUT2D eigenvalue weighted by molar-refractivity contribution is -0.0683. The van der Waals surface area contributed by atoms with Crippen LogP contribution >= 0.6 is 0 Å². The second-order valence-electron chi connectivity index (χ2n) is 9.57. The Morgan fingerprint density at radius 1 is 1.11 bits per heavy atom. The summed E-state index contributed by atoms with van der Waals surface area (Å²) in [6.45, 7) is 5.71. The molecular weight excluding hydrogens is 456 g/mol. The van der Waals surface area contributed by atoms with Crippen LogP contribution in [0.4, 0.5) is 16.2 Å². The predicted molar refractivity (Wildman–Crippen MR) is 142 cm³/mol. The molecule has 192 valence electrons. The normalized spacial score (nSPS) is 16.4. The third-order valence-corrected chi connectivity index (χ3v) is 7.27. The molecule has 1 saturated carbocycles. The maximum Gasteiger partial charge on any atom is 0.319 e. The number of nitrogen functional groups attached to an aromatic ring is 1. The first-order valence-corrected chi connectivity index (χ1v) is 13.0. The summed E-state index contributed by atoms with van der Waals surface area (Å²) in [5.74, 6) is 0.772. The summed E-state index contributed by atoms with van der Waals surface area (Å²) in [7, 11) is 0. The maximum absolute atomic E-state index is 12.4. The predicted octanol–water partition coefficient (Wildman–Crippen LogP) is 5.68. The molecule has 0 bridgehead atoms. The van der Waals surface area contributed by atoms with Crippen LogP contribution in [-0.2, 0) is 9.47 Å². The summed E-state index contributed by atoms with van der Waals surface area (Å²) in [6, 6.07) is 14.4. The second-order valence-corrected chi connectivity index (χ2v) is 9.57. The van der Waals surface area contributed by atoms with E-state index < -0.39 is 0 Å². The van der Waals surface area contributed by atoms with Crippen molar-refractivity contribution in [3.05, 3.63) is 42.5 Å². The number of hydrogen-bond acceptors (Lipinski definition) is 5. The van der Waals surface area contributed by atoms with Crippen LogP contribution in [0.1, 0.15) is 52.0 Å². The fraction of sp³-hybridized carbons (Fsp3) is 0.464. The van der Waals surface area contributed by atoms with Gasteiger partial charge in [0.2, 0.25) is 0 Å². The van der Waals surface area contributed by atoms with Crippen molar-refractivity contribution in [2.45, 2.75) is 64.3 Å². The fourth-order valence-electron chi connectivity index (χ4n) is 4.95. The summed E-state index contributed by atoms with van der Waals surface area (Å²) >= 11 is 0. The molecule has 5 rings (SSSR count). The molecule has 2 aliphatic rings. The third-order valence-electron chi connectivity index (χ3n) is 7.27. The lowest BCUT2D eigenvalue weighted by Gasteiger charge is -2.30. The van der Waals surface area contributed by atoms with Gasteiger partial charge in [0.25, 0.3) is 0 Å². The van der Waals surface area contributed by atoms with E-state index in [1.165, 1.54) is 6.42 Å². The van der Waals surface area contributed by atoms with Crippen LogP contribution in [0, 0.1) is 0 Å². The summed E-state index contributed by atoms with van der Waals surface area (Å²) in [4.78, 5) is 12.4. The number of anilines is 2. The highest BCUT2D eigenvalue weighted by Gasteiger charge is 2.27. The highest BCUT2D eigenvalue weighted by atomic mass is 16.7. The van der Waals surface area contributed by atoms with Crippen LogP contribution in [0.3, 0.4) is 0 Å². The maximum atomic E-state index is 12.4. The Morgan fingerprint density at radius 3 is 2.47 bits per heavy atom. The van der Waals surface area contributed by atoms with Gasteiger partial charge in [0, 0.05) is 34.8 Å². The van der Waals surface area contributed by atoms with E-state index in [1.807, 2.05) is 36.4 Å². The van der Waals surface area contributed by atoms with Gasteiger partial charge < -0.3 is 35.1 Å². The zero-order valence-electron chi connectivity index (χ0n) is 21.1. The molecule has 3 aromatic rings. The number of carbonyl (C=O) groups is 1. The Kier molecular flexibility index (Phi) is 7.34. The molecule has 0 atom stereocenters. The number of carbonyl (C=O) groups excluding carboxylic acids is 1. The Hall–Kier alpha value is -3.23. The first kappa shape index (κ1) is 24.5. The lowest BCUT2D eigenvalue weighted by Crippen LogP contribution is -2.37. The number of rotatable bonds is 9. The van der Waals surface area contributed by atoms with Crippen LogP contribution in [0.5, 0.6) is 5.75 Å². The van der Waals surface area contributed by atoms with Crippen molar-refractivity contribution >= 4 is 28.3 Å². The molecule has 1 aliphatic heterocycles. The van der Waals surface area contributed by atoms with Gasteiger partial charge in [0.05, 0.1) is 30.1 Å². The number of nitrogens with two attached hydrogens (primary N) is 1. The van der Waals surface area contributed by atoms with Gasteiger partial charge in [-0.2, -0.15) is 0 Å². The van der Waals surface area contributed by atoms with Gasteiger partial charge in [-0.15, -0.1) is 0 Å². The van der Waals surface area contributed by atoms with Gasteiger partial charge >= 0.3 is 6.03 Å². The molecule has 2 heterocycles. The summed E-state index contributed by atoms with van der Waals surface area (Å²) < 4.78 is 19.3. The number of urea groups is 1. The van der Waals surface area contributed by atoms with E-state index in [2.05, 4.69) is 35.1 Å². The minimum Gasteiger partial charge on any atom is -0.488 e. The molecule has 2 amide bonds. The van der Waals surface area contributed by atoms with Crippen LogP contribution in [0.25, 0.3) is 22.2 Å². The first-order valence-electron chi connectivity index (χ1n) is 13.0. The Morgan fingerprint density at radius 2 is 1.83 bits per heavy atom. The number of hydrogen-bond donors (Lipinski definition) is 3. The van der Waals surface area contributed by atoms with Crippen molar-refractivity contribution in [2.75, 3.05) is 30.9 Å². The smallest absolute Gasteiger partial charge is 0.319 e. The minimum absolute atomic E-state index is 0.175. The van der Waals surface area contributed by atoms with Crippen LogP contribution in [-0.4, -0.2) is 42.8 Å². The zero-order valence-corrected chi connectivity index (χ0v) is 21.1. The van der Waals surface area contributed by atoms with E-state index in [0.717, 1.165) is 65.0 Å². The fourth-order valence-corrected chi connectivity index (χ4v) is 4.95. The van der Waals surface area contributed by atoms with Crippen molar-refractivity contribution in [3.63, 3.8) is 0 Å². The third kappa shape index (κ3) is 5.01. The SMILES string of the molecule is CCC(CC)NC(=O)Nc1ccc(-c2c(N)c3ccc(OCC4OCCO4)cc3n2C2CCC2)cc1. The van der Waals surface area contributed by atoms with Crippen molar-refractivity contribution in [1.82, 2.24) is 9.88 Å². The Bertz CT molecular complexity index is 1190. The van der Waals surface area contributed by atoms with Crippen molar-refractivity contribution < 1.29 is 19.0 Å². The number of amides is 2. The van der Waals surface area contributed by atoms with Crippen LogP contribution in [0.2, 0.25) is 0 Å². The molecule has 1 aliphatic carbocycles.